The maximum absolute atomic E-state index is 11.4. The second kappa shape index (κ2) is 7.74. The molecule has 8 nitrogen and oxygen atoms in total. The molecule has 0 unspecified atom stereocenters. The van der Waals surface area contributed by atoms with Crippen LogP contribution in [0, 0.1) is 0 Å². The van der Waals surface area contributed by atoms with Gasteiger partial charge >= 0.3 is 0 Å². The van der Waals surface area contributed by atoms with Crippen molar-refractivity contribution in [3.63, 3.8) is 0 Å². The fourth-order valence-corrected chi connectivity index (χ4v) is 3.89. The molecule has 0 saturated carbocycles. The molecule has 5 N–H and O–H groups in total. The molecule has 0 saturated heterocycles. The summed E-state index contributed by atoms with van der Waals surface area (Å²) in [6.07, 6.45) is 3.82. The van der Waals surface area contributed by atoms with Crippen LogP contribution in [-0.2, 0) is 10.0 Å². The Hall–Kier alpha value is -3.08. The summed E-state index contributed by atoms with van der Waals surface area (Å²) in [7, 11) is -3.74. The Bertz CT molecular complexity index is 1270. The summed E-state index contributed by atoms with van der Waals surface area (Å²) in [5.41, 5.74) is 3.12. The molecule has 0 aliphatic rings. The number of thioether (sulfide) groups is 1. The van der Waals surface area contributed by atoms with Gasteiger partial charge in [-0.1, -0.05) is 12.1 Å². The summed E-state index contributed by atoms with van der Waals surface area (Å²) < 4.78 is 22.8. The predicted molar refractivity (Wildman–Crippen MR) is 116 cm³/mol. The van der Waals surface area contributed by atoms with E-state index in [0.29, 0.717) is 17.5 Å². The molecule has 148 valence electrons. The van der Waals surface area contributed by atoms with Gasteiger partial charge < -0.3 is 15.6 Å². The van der Waals surface area contributed by atoms with Crippen LogP contribution >= 0.6 is 11.8 Å². The lowest BCUT2D eigenvalue weighted by Gasteiger charge is -2.12. The topological polar surface area (TPSA) is 126 Å². The van der Waals surface area contributed by atoms with Crippen molar-refractivity contribution >= 4 is 56.0 Å². The minimum absolute atomic E-state index is 0.0427. The molecule has 10 heteroatoms. The number of nitrogens with one attached hydrogen (secondary N) is 3. The Morgan fingerprint density at radius 3 is 2.48 bits per heavy atom. The maximum Gasteiger partial charge on any atom is 0.238 e. The molecule has 0 aliphatic carbocycles. The second-order valence-electron chi connectivity index (χ2n) is 6.15. The van der Waals surface area contributed by atoms with Crippen molar-refractivity contribution in [3.8, 4) is 0 Å². The summed E-state index contributed by atoms with van der Waals surface area (Å²) in [6, 6.07) is 15.9. The average Bonchev–Trinajstić information content (AvgIpc) is 3.17. The number of nitrogens with zero attached hydrogens (tertiary/aromatic N) is 2. The highest BCUT2D eigenvalue weighted by atomic mass is 32.2. The summed E-state index contributed by atoms with van der Waals surface area (Å²) in [6.45, 7) is 0. The van der Waals surface area contributed by atoms with Crippen LogP contribution in [0.15, 0.2) is 70.6 Å². The van der Waals surface area contributed by atoms with E-state index in [-0.39, 0.29) is 4.90 Å². The van der Waals surface area contributed by atoms with E-state index < -0.39 is 10.0 Å². The molecule has 0 fully saturated rings. The summed E-state index contributed by atoms with van der Waals surface area (Å²) in [5.74, 6) is 1.01. The lowest BCUT2D eigenvalue weighted by molar-refractivity contribution is 0.598. The zero-order valence-electron chi connectivity index (χ0n) is 15.4. The van der Waals surface area contributed by atoms with E-state index in [1.807, 2.05) is 36.6 Å². The van der Waals surface area contributed by atoms with Gasteiger partial charge in [0, 0.05) is 16.8 Å². The Morgan fingerprint density at radius 2 is 1.76 bits per heavy atom. The van der Waals surface area contributed by atoms with Gasteiger partial charge in [0.05, 0.1) is 16.1 Å². The highest BCUT2D eigenvalue weighted by molar-refractivity contribution is 7.98. The van der Waals surface area contributed by atoms with Gasteiger partial charge in [0.2, 0.25) is 16.0 Å². The van der Waals surface area contributed by atoms with Crippen molar-refractivity contribution in [1.82, 2.24) is 15.0 Å². The van der Waals surface area contributed by atoms with Crippen LogP contribution in [0.4, 0.5) is 23.1 Å². The zero-order valence-corrected chi connectivity index (χ0v) is 17.0. The monoisotopic (exact) mass is 426 g/mol. The van der Waals surface area contributed by atoms with Gasteiger partial charge in [-0.3, -0.25) is 0 Å². The van der Waals surface area contributed by atoms with Crippen molar-refractivity contribution in [3.05, 3.63) is 60.8 Å². The smallest absolute Gasteiger partial charge is 0.238 e. The van der Waals surface area contributed by atoms with Gasteiger partial charge in [-0.25, -0.2) is 18.5 Å². The SMILES string of the molecule is CSc1ccccc1Nc1nc(Nc2ccc(S(N)(=O)=O)cc2)nc2cc[nH]c12. The predicted octanol–water partition coefficient (Wildman–Crippen LogP) is 3.81. The van der Waals surface area contributed by atoms with E-state index in [4.69, 9.17) is 5.14 Å². The van der Waals surface area contributed by atoms with Crippen LogP contribution in [0.1, 0.15) is 0 Å². The largest absolute Gasteiger partial charge is 0.357 e. The van der Waals surface area contributed by atoms with Gasteiger partial charge in [-0.05, 0) is 48.7 Å². The third-order valence-electron chi connectivity index (χ3n) is 4.20. The molecule has 0 aliphatic heterocycles. The minimum Gasteiger partial charge on any atom is -0.357 e. The zero-order chi connectivity index (χ0) is 20.4. The average molecular weight is 427 g/mol. The van der Waals surface area contributed by atoms with Crippen molar-refractivity contribution in [2.45, 2.75) is 9.79 Å². The first-order chi connectivity index (χ1) is 13.9. The lowest BCUT2D eigenvalue weighted by Crippen LogP contribution is -2.11. The van der Waals surface area contributed by atoms with Crippen LogP contribution in [0.5, 0.6) is 0 Å². The fraction of sp³-hybridized carbons (Fsp3) is 0.0526. The number of rotatable bonds is 6. The summed E-state index contributed by atoms with van der Waals surface area (Å²) >= 11 is 1.64. The van der Waals surface area contributed by atoms with Crippen molar-refractivity contribution in [2.75, 3.05) is 16.9 Å². The molecule has 2 heterocycles. The molecule has 0 amide bonds. The van der Waals surface area contributed by atoms with Crippen LogP contribution in [-0.4, -0.2) is 29.6 Å². The number of fused-ring (bicyclic) bond motifs is 1. The second-order valence-corrected chi connectivity index (χ2v) is 8.56. The van der Waals surface area contributed by atoms with E-state index in [2.05, 4.69) is 25.6 Å². The van der Waals surface area contributed by atoms with Crippen LogP contribution in [0.3, 0.4) is 0 Å². The lowest BCUT2D eigenvalue weighted by atomic mass is 10.3. The highest BCUT2D eigenvalue weighted by Crippen LogP contribution is 2.30. The highest BCUT2D eigenvalue weighted by Gasteiger charge is 2.12. The molecular formula is C19H18N6O2S2. The molecule has 0 bridgehead atoms. The maximum atomic E-state index is 11.4. The molecule has 4 rings (SSSR count). The van der Waals surface area contributed by atoms with E-state index in [0.717, 1.165) is 21.6 Å². The molecular weight excluding hydrogens is 408 g/mol. The third kappa shape index (κ3) is 4.19. The Morgan fingerprint density at radius 1 is 1.00 bits per heavy atom. The molecule has 0 spiro atoms. The number of H-pyrrole nitrogens is 1. The first kappa shape index (κ1) is 19.2. The van der Waals surface area contributed by atoms with Crippen LogP contribution in [0.2, 0.25) is 0 Å². The number of anilines is 4. The van der Waals surface area contributed by atoms with E-state index >= 15 is 0 Å². The van der Waals surface area contributed by atoms with Crippen LogP contribution < -0.4 is 15.8 Å². The van der Waals surface area contributed by atoms with Crippen LogP contribution in [0.25, 0.3) is 11.0 Å². The van der Waals surface area contributed by atoms with Gasteiger partial charge in [0.1, 0.15) is 5.52 Å². The number of sulfonamides is 1. The first-order valence-corrected chi connectivity index (χ1v) is 11.4. The third-order valence-corrected chi connectivity index (χ3v) is 5.93. The van der Waals surface area contributed by atoms with E-state index in [1.165, 1.54) is 12.1 Å². The van der Waals surface area contributed by atoms with Crippen molar-refractivity contribution in [2.24, 2.45) is 5.14 Å². The number of hydrogen-bond acceptors (Lipinski definition) is 7. The standard InChI is InChI=1S/C19H18N6O2S2/c1-28-16-5-3-2-4-14(16)23-18-17-15(10-11-21-17)24-19(25-18)22-12-6-8-13(9-7-12)29(20,26)27/h2-11,21H,1H3,(H2,20,26,27)(H2,22,23,24,25). The molecule has 2 aromatic carbocycles. The van der Waals surface area contributed by atoms with Crippen molar-refractivity contribution in [1.29, 1.82) is 0 Å². The van der Waals surface area contributed by atoms with Gasteiger partial charge in [-0.2, -0.15) is 4.98 Å². The van der Waals surface area contributed by atoms with E-state index in [9.17, 15) is 8.42 Å². The Labute approximate surface area is 172 Å². The Kier molecular flexibility index (Phi) is 5.14. The molecule has 0 atom stereocenters. The number of para-hydroxylation sites is 1. The Balaban J connectivity index is 1.68. The first-order valence-electron chi connectivity index (χ1n) is 8.59. The molecule has 2 aromatic heterocycles. The number of hydrogen-bond donors (Lipinski definition) is 4. The molecule has 4 aromatic rings. The summed E-state index contributed by atoms with van der Waals surface area (Å²) in [5, 5.41) is 11.6. The molecule has 29 heavy (non-hydrogen) atoms. The van der Waals surface area contributed by atoms with Gasteiger partial charge in [0.25, 0.3) is 0 Å². The summed E-state index contributed by atoms with van der Waals surface area (Å²) in [4.78, 5) is 13.4. The number of nitrogens with two attached hydrogens (primary N) is 1. The van der Waals surface area contributed by atoms with Gasteiger partial charge in [0.15, 0.2) is 5.82 Å². The minimum atomic E-state index is -3.74. The fourth-order valence-electron chi connectivity index (χ4n) is 2.82. The number of benzene rings is 2. The molecule has 0 radical (unpaired) electrons. The number of aromatic amines is 1. The van der Waals surface area contributed by atoms with E-state index in [1.54, 1.807) is 30.1 Å². The number of aromatic nitrogens is 3. The number of primary sulfonamides is 1. The van der Waals surface area contributed by atoms with Gasteiger partial charge in [-0.15, -0.1) is 11.8 Å². The van der Waals surface area contributed by atoms with Crippen molar-refractivity contribution < 1.29 is 8.42 Å². The normalized spacial score (nSPS) is 11.5. The quantitative estimate of drug-likeness (QED) is 0.345.